The first-order valence-electron chi connectivity index (χ1n) is 7.76. The Morgan fingerprint density at radius 2 is 1.84 bits per heavy atom. The third-order valence-corrected chi connectivity index (χ3v) is 4.24. The third kappa shape index (κ3) is 3.64. The summed E-state index contributed by atoms with van der Waals surface area (Å²) in [7, 11) is 0. The van der Waals surface area contributed by atoms with Gasteiger partial charge in [0, 0.05) is 33.9 Å². The third-order valence-electron chi connectivity index (χ3n) is 3.99. The standard InChI is InChI=1S/C20H17ClN2O2/c1-13-10-16(12-22-18-5-3-4-15(11-18)20(24)25)14(2)23(13)19-8-6-17(21)7-9-19/h3-12H,1-2H3,(H,24,25)/p-1. The Hall–Kier alpha value is -2.85. The van der Waals surface area contributed by atoms with Gasteiger partial charge in [0.05, 0.1) is 11.7 Å². The zero-order chi connectivity index (χ0) is 18.0. The number of aryl methyl sites for hydroxylation is 1. The topological polar surface area (TPSA) is 57.4 Å². The van der Waals surface area contributed by atoms with E-state index in [9.17, 15) is 9.90 Å². The summed E-state index contributed by atoms with van der Waals surface area (Å²) in [6.45, 7) is 4.04. The average Bonchev–Trinajstić information content (AvgIpc) is 2.88. The first-order valence-corrected chi connectivity index (χ1v) is 8.14. The lowest BCUT2D eigenvalue weighted by atomic mass is 10.2. The van der Waals surface area contributed by atoms with Crippen molar-refractivity contribution >= 4 is 29.5 Å². The van der Waals surface area contributed by atoms with Crippen LogP contribution >= 0.6 is 11.6 Å². The molecule has 1 heterocycles. The van der Waals surface area contributed by atoms with Crippen molar-refractivity contribution in [2.75, 3.05) is 0 Å². The van der Waals surface area contributed by atoms with Crippen LogP contribution in [0.15, 0.2) is 59.6 Å². The van der Waals surface area contributed by atoms with Crippen LogP contribution in [0.1, 0.15) is 27.3 Å². The highest BCUT2D eigenvalue weighted by atomic mass is 35.5. The molecular formula is C20H16ClN2O2-. The highest BCUT2D eigenvalue weighted by Gasteiger charge is 2.09. The van der Waals surface area contributed by atoms with Crippen molar-refractivity contribution in [1.29, 1.82) is 0 Å². The van der Waals surface area contributed by atoms with Gasteiger partial charge in [-0.15, -0.1) is 0 Å². The van der Waals surface area contributed by atoms with Crippen molar-refractivity contribution in [1.82, 2.24) is 4.57 Å². The van der Waals surface area contributed by atoms with Gasteiger partial charge in [0.2, 0.25) is 0 Å². The predicted molar refractivity (Wildman–Crippen MR) is 98.3 cm³/mol. The number of aromatic nitrogens is 1. The minimum Gasteiger partial charge on any atom is -0.545 e. The van der Waals surface area contributed by atoms with Crippen LogP contribution in [-0.4, -0.2) is 16.8 Å². The van der Waals surface area contributed by atoms with Gasteiger partial charge in [0.25, 0.3) is 0 Å². The smallest absolute Gasteiger partial charge is 0.0716 e. The van der Waals surface area contributed by atoms with Gasteiger partial charge in [0.1, 0.15) is 0 Å². The number of carboxylic acids is 1. The molecule has 0 aliphatic heterocycles. The van der Waals surface area contributed by atoms with E-state index in [-0.39, 0.29) is 5.56 Å². The molecule has 0 fully saturated rings. The van der Waals surface area contributed by atoms with Crippen LogP contribution in [0.3, 0.4) is 0 Å². The summed E-state index contributed by atoms with van der Waals surface area (Å²) in [6.07, 6.45) is 1.74. The van der Waals surface area contributed by atoms with Crippen LogP contribution in [0.25, 0.3) is 5.69 Å². The highest BCUT2D eigenvalue weighted by molar-refractivity contribution is 6.30. The lowest BCUT2D eigenvalue weighted by Gasteiger charge is -2.09. The molecule has 0 N–H and O–H groups in total. The second-order valence-electron chi connectivity index (χ2n) is 5.73. The van der Waals surface area contributed by atoms with E-state index in [2.05, 4.69) is 9.56 Å². The number of aromatic carboxylic acids is 1. The summed E-state index contributed by atoms with van der Waals surface area (Å²) in [5.41, 5.74) is 4.79. The Morgan fingerprint density at radius 1 is 1.12 bits per heavy atom. The molecule has 0 unspecified atom stereocenters. The Morgan fingerprint density at radius 3 is 2.52 bits per heavy atom. The number of nitrogens with zero attached hydrogens (tertiary/aromatic N) is 2. The molecule has 1 aromatic heterocycles. The van der Waals surface area contributed by atoms with Crippen molar-refractivity contribution < 1.29 is 9.90 Å². The fraction of sp³-hybridized carbons (Fsp3) is 0.100. The fourth-order valence-electron chi connectivity index (χ4n) is 2.76. The molecule has 0 saturated carbocycles. The van der Waals surface area contributed by atoms with Gasteiger partial charge in [-0.3, -0.25) is 4.99 Å². The van der Waals surface area contributed by atoms with E-state index in [0.29, 0.717) is 10.7 Å². The molecule has 0 bridgehead atoms. The maximum Gasteiger partial charge on any atom is 0.0716 e. The Labute approximate surface area is 151 Å². The SMILES string of the molecule is Cc1cc(C=Nc2cccc(C(=O)[O-])c2)c(C)n1-c1ccc(Cl)cc1. The minimum atomic E-state index is -1.21. The first-order chi connectivity index (χ1) is 12.0. The average molecular weight is 352 g/mol. The molecule has 0 aliphatic rings. The molecule has 0 aliphatic carbocycles. The number of halogens is 1. The summed E-state index contributed by atoms with van der Waals surface area (Å²) in [5, 5.41) is 11.6. The maximum atomic E-state index is 10.9. The Kier molecular flexibility index (Phi) is 4.72. The molecule has 0 saturated heterocycles. The monoisotopic (exact) mass is 351 g/mol. The first kappa shape index (κ1) is 17.0. The molecule has 0 atom stereocenters. The lowest BCUT2D eigenvalue weighted by Crippen LogP contribution is -2.21. The second-order valence-corrected chi connectivity index (χ2v) is 6.17. The van der Waals surface area contributed by atoms with E-state index in [1.807, 2.05) is 44.2 Å². The predicted octanol–water partition coefficient (Wildman–Crippen LogP) is 3.86. The summed E-state index contributed by atoms with van der Waals surface area (Å²) in [4.78, 5) is 15.3. The quantitative estimate of drug-likeness (QED) is 0.670. The van der Waals surface area contributed by atoms with Gasteiger partial charge in [-0.2, -0.15) is 0 Å². The number of carboxylic acid groups (broad SMARTS) is 1. The van der Waals surface area contributed by atoms with Gasteiger partial charge in [-0.1, -0.05) is 23.7 Å². The number of carbonyl (C=O) groups is 1. The van der Waals surface area contributed by atoms with E-state index in [1.54, 1.807) is 18.3 Å². The number of benzene rings is 2. The summed E-state index contributed by atoms with van der Waals surface area (Å²) in [5.74, 6) is -1.21. The maximum absolute atomic E-state index is 10.9. The van der Waals surface area contributed by atoms with Crippen molar-refractivity contribution in [2.45, 2.75) is 13.8 Å². The van der Waals surface area contributed by atoms with Crippen LogP contribution in [0.5, 0.6) is 0 Å². The fourth-order valence-corrected chi connectivity index (χ4v) is 2.89. The highest BCUT2D eigenvalue weighted by Crippen LogP contribution is 2.22. The van der Waals surface area contributed by atoms with Crippen molar-refractivity contribution in [3.8, 4) is 5.69 Å². The van der Waals surface area contributed by atoms with E-state index in [1.165, 1.54) is 12.1 Å². The molecule has 3 aromatic rings. The van der Waals surface area contributed by atoms with Gasteiger partial charge in [0.15, 0.2) is 0 Å². The Balaban J connectivity index is 1.94. The molecule has 126 valence electrons. The number of hydrogen-bond acceptors (Lipinski definition) is 3. The normalized spacial score (nSPS) is 11.2. The molecular weight excluding hydrogens is 336 g/mol. The number of carbonyl (C=O) groups excluding carboxylic acids is 1. The van der Waals surface area contributed by atoms with Crippen LogP contribution in [-0.2, 0) is 0 Å². The van der Waals surface area contributed by atoms with Gasteiger partial charge in [-0.05, 0) is 61.9 Å². The summed E-state index contributed by atoms with van der Waals surface area (Å²) in [6, 6.07) is 16.1. The second kappa shape index (κ2) is 6.95. The van der Waals surface area contributed by atoms with E-state index >= 15 is 0 Å². The molecule has 0 amide bonds. The van der Waals surface area contributed by atoms with Crippen molar-refractivity contribution in [2.24, 2.45) is 4.99 Å². The van der Waals surface area contributed by atoms with E-state index < -0.39 is 5.97 Å². The molecule has 0 radical (unpaired) electrons. The number of rotatable bonds is 4. The minimum absolute atomic E-state index is 0.112. The van der Waals surface area contributed by atoms with E-state index in [0.717, 1.165) is 22.6 Å². The largest absolute Gasteiger partial charge is 0.545 e. The zero-order valence-electron chi connectivity index (χ0n) is 13.9. The van der Waals surface area contributed by atoms with Gasteiger partial charge < -0.3 is 14.5 Å². The van der Waals surface area contributed by atoms with Crippen LogP contribution in [0.4, 0.5) is 5.69 Å². The molecule has 2 aromatic carbocycles. The lowest BCUT2D eigenvalue weighted by molar-refractivity contribution is -0.255. The number of hydrogen-bond donors (Lipinski definition) is 0. The molecule has 5 heteroatoms. The van der Waals surface area contributed by atoms with Crippen LogP contribution < -0.4 is 5.11 Å². The molecule has 25 heavy (non-hydrogen) atoms. The Bertz CT molecular complexity index is 956. The molecule has 0 spiro atoms. The molecule has 3 rings (SSSR count). The summed E-state index contributed by atoms with van der Waals surface area (Å²) < 4.78 is 2.12. The van der Waals surface area contributed by atoms with Crippen LogP contribution in [0.2, 0.25) is 5.02 Å². The van der Waals surface area contributed by atoms with Gasteiger partial charge in [-0.25, -0.2) is 0 Å². The van der Waals surface area contributed by atoms with Gasteiger partial charge >= 0.3 is 0 Å². The number of aliphatic imine (C=N–C) groups is 1. The van der Waals surface area contributed by atoms with E-state index in [4.69, 9.17) is 11.6 Å². The van der Waals surface area contributed by atoms with Crippen molar-refractivity contribution in [3.05, 3.63) is 82.1 Å². The zero-order valence-corrected chi connectivity index (χ0v) is 14.6. The van der Waals surface area contributed by atoms with Crippen LogP contribution in [0, 0.1) is 13.8 Å². The molecule has 4 nitrogen and oxygen atoms in total. The van der Waals surface area contributed by atoms with Crippen molar-refractivity contribution in [3.63, 3.8) is 0 Å². The summed E-state index contributed by atoms with van der Waals surface area (Å²) >= 11 is 5.96.